The standard InChI is InChI=1S/C22H18N6O4/c1-32-17-10-8-15(9-11-17)13-24-22-25-20(16-5-4-12-23-14-16)26-27(22)21(29)18-6-2-3-7-19(18)28(30)31/h2-12,14H,13H2,1H3,(H,24,25,26). The predicted molar refractivity (Wildman–Crippen MR) is 116 cm³/mol. The summed E-state index contributed by atoms with van der Waals surface area (Å²) >= 11 is 0. The molecular formula is C22H18N6O4. The fourth-order valence-corrected chi connectivity index (χ4v) is 3.04. The van der Waals surface area contributed by atoms with Crippen LogP contribution in [0.1, 0.15) is 15.9 Å². The summed E-state index contributed by atoms with van der Waals surface area (Å²) in [6, 6.07) is 16.6. The second kappa shape index (κ2) is 9.04. The molecule has 0 saturated carbocycles. The van der Waals surface area contributed by atoms with Gasteiger partial charge in [0, 0.05) is 30.6 Å². The molecule has 0 radical (unpaired) electrons. The molecule has 0 aliphatic heterocycles. The average Bonchev–Trinajstić information content (AvgIpc) is 3.27. The van der Waals surface area contributed by atoms with Gasteiger partial charge in [0.15, 0.2) is 5.82 Å². The van der Waals surface area contributed by atoms with Gasteiger partial charge in [0.05, 0.1) is 12.0 Å². The normalized spacial score (nSPS) is 10.5. The van der Waals surface area contributed by atoms with Gasteiger partial charge in [0.1, 0.15) is 11.3 Å². The Morgan fingerprint density at radius 1 is 1.12 bits per heavy atom. The largest absolute Gasteiger partial charge is 0.497 e. The zero-order valence-electron chi connectivity index (χ0n) is 17.0. The van der Waals surface area contributed by atoms with Crippen molar-refractivity contribution in [2.24, 2.45) is 0 Å². The number of pyridine rings is 1. The summed E-state index contributed by atoms with van der Waals surface area (Å²) in [6.45, 7) is 0.347. The molecule has 0 atom stereocenters. The molecule has 1 N–H and O–H groups in total. The van der Waals surface area contributed by atoms with Crippen molar-refractivity contribution in [3.8, 4) is 17.1 Å². The molecule has 4 rings (SSSR count). The van der Waals surface area contributed by atoms with Gasteiger partial charge < -0.3 is 10.1 Å². The Morgan fingerprint density at radius 3 is 2.59 bits per heavy atom. The van der Waals surface area contributed by atoms with Crippen LogP contribution in [-0.2, 0) is 6.54 Å². The minimum absolute atomic E-state index is 0.0902. The molecule has 0 fully saturated rings. The number of anilines is 1. The summed E-state index contributed by atoms with van der Waals surface area (Å²) in [5.74, 6) is 0.476. The maximum Gasteiger partial charge on any atom is 0.288 e. The summed E-state index contributed by atoms with van der Waals surface area (Å²) in [5, 5.41) is 18.8. The number of rotatable bonds is 7. The Labute approximate surface area is 182 Å². The van der Waals surface area contributed by atoms with E-state index in [0.717, 1.165) is 16.0 Å². The van der Waals surface area contributed by atoms with Crippen molar-refractivity contribution >= 4 is 17.5 Å². The SMILES string of the molecule is COc1ccc(CNc2nc(-c3cccnc3)nn2C(=O)c2ccccc2[N+](=O)[O-])cc1. The first kappa shape index (κ1) is 20.7. The molecule has 10 heteroatoms. The summed E-state index contributed by atoms with van der Waals surface area (Å²) in [5.41, 5.74) is 1.13. The van der Waals surface area contributed by atoms with Crippen molar-refractivity contribution in [3.05, 3.63) is 94.3 Å². The zero-order valence-corrected chi connectivity index (χ0v) is 17.0. The predicted octanol–water partition coefficient (Wildman–Crippen LogP) is 3.56. The zero-order chi connectivity index (χ0) is 22.5. The molecule has 0 amide bonds. The van der Waals surface area contributed by atoms with Crippen LogP contribution < -0.4 is 10.1 Å². The third-order valence-corrected chi connectivity index (χ3v) is 4.66. The van der Waals surface area contributed by atoms with E-state index in [0.29, 0.717) is 12.1 Å². The Kier molecular flexibility index (Phi) is 5.84. The highest BCUT2D eigenvalue weighted by atomic mass is 16.6. The number of nitrogens with one attached hydrogen (secondary N) is 1. The Balaban J connectivity index is 1.70. The molecule has 2 aromatic heterocycles. The smallest absolute Gasteiger partial charge is 0.288 e. The molecule has 0 aliphatic carbocycles. The number of aromatic nitrogens is 4. The minimum atomic E-state index is -0.669. The van der Waals surface area contributed by atoms with Gasteiger partial charge in [-0.05, 0) is 35.9 Å². The van der Waals surface area contributed by atoms with E-state index >= 15 is 0 Å². The van der Waals surface area contributed by atoms with E-state index in [4.69, 9.17) is 4.74 Å². The van der Waals surface area contributed by atoms with Crippen LogP contribution in [0.2, 0.25) is 0 Å². The second-order valence-corrected chi connectivity index (χ2v) is 6.69. The van der Waals surface area contributed by atoms with Crippen molar-refractivity contribution in [3.63, 3.8) is 0 Å². The molecule has 0 saturated heterocycles. The van der Waals surface area contributed by atoms with Crippen molar-refractivity contribution < 1.29 is 14.5 Å². The highest BCUT2D eigenvalue weighted by Crippen LogP contribution is 2.23. The highest BCUT2D eigenvalue weighted by molar-refractivity contribution is 6.00. The number of para-hydroxylation sites is 1. The first-order valence-corrected chi connectivity index (χ1v) is 9.59. The number of ether oxygens (including phenoxy) is 1. The summed E-state index contributed by atoms with van der Waals surface area (Å²) < 4.78 is 6.20. The number of hydrogen-bond donors (Lipinski definition) is 1. The van der Waals surface area contributed by atoms with Gasteiger partial charge >= 0.3 is 0 Å². The maximum absolute atomic E-state index is 13.2. The molecule has 160 valence electrons. The molecule has 4 aromatic rings. The van der Waals surface area contributed by atoms with Crippen LogP contribution in [-0.4, -0.2) is 37.7 Å². The topological polar surface area (TPSA) is 125 Å². The van der Waals surface area contributed by atoms with E-state index in [1.807, 2.05) is 24.3 Å². The molecule has 32 heavy (non-hydrogen) atoms. The molecule has 2 heterocycles. The highest BCUT2D eigenvalue weighted by Gasteiger charge is 2.25. The van der Waals surface area contributed by atoms with E-state index in [1.54, 1.807) is 37.7 Å². The number of hydrogen-bond acceptors (Lipinski definition) is 8. The minimum Gasteiger partial charge on any atom is -0.497 e. The lowest BCUT2D eigenvalue weighted by molar-refractivity contribution is -0.385. The van der Waals surface area contributed by atoms with Gasteiger partial charge in [-0.3, -0.25) is 19.9 Å². The number of methoxy groups -OCH3 is 1. The molecule has 10 nitrogen and oxygen atoms in total. The molecule has 0 unspecified atom stereocenters. The van der Waals surface area contributed by atoms with Crippen LogP contribution >= 0.6 is 0 Å². The first-order chi connectivity index (χ1) is 15.6. The van der Waals surface area contributed by atoms with Gasteiger partial charge in [-0.15, -0.1) is 5.10 Å². The van der Waals surface area contributed by atoms with E-state index in [2.05, 4.69) is 20.4 Å². The first-order valence-electron chi connectivity index (χ1n) is 9.59. The van der Waals surface area contributed by atoms with Gasteiger partial charge in [0.2, 0.25) is 5.95 Å². The Bertz CT molecular complexity index is 1260. The summed E-state index contributed by atoms with van der Waals surface area (Å²) in [6.07, 6.45) is 3.18. The van der Waals surface area contributed by atoms with Crippen LogP contribution in [0.25, 0.3) is 11.4 Å². The lowest BCUT2D eigenvalue weighted by Gasteiger charge is -2.08. The number of nitrogens with zero attached hydrogens (tertiary/aromatic N) is 5. The van der Waals surface area contributed by atoms with E-state index in [1.165, 1.54) is 18.2 Å². The Hall–Kier alpha value is -4.60. The van der Waals surface area contributed by atoms with Crippen LogP contribution in [0.15, 0.2) is 73.1 Å². The van der Waals surface area contributed by atoms with Crippen LogP contribution in [0.3, 0.4) is 0 Å². The lowest BCUT2D eigenvalue weighted by atomic mass is 10.1. The van der Waals surface area contributed by atoms with Gasteiger partial charge in [0.25, 0.3) is 11.6 Å². The van der Waals surface area contributed by atoms with Crippen molar-refractivity contribution in [1.82, 2.24) is 19.7 Å². The van der Waals surface area contributed by atoms with Gasteiger partial charge in [-0.1, -0.05) is 24.3 Å². The molecule has 0 spiro atoms. The average molecular weight is 430 g/mol. The molecular weight excluding hydrogens is 412 g/mol. The molecule has 0 bridgehead atoms. The fourth-order valence-electron chi connectivity index (χ4n) is 3.04. The second-order valence-electron chi connectivity index (χ2n) is 6.69. The molecule has 0 aliphatic rings. The Morgan fingerprint density at radius 2 is 1.91 bits per heavy atom. The quantitative estimate of drug-likeness (QED) is 0.348. The third-order valence-electron chi connectivity index (χ3n) is 4.66. The van der Waals surface area contributed by atoms with Crippen LogP contribution in [0, 0.1) is 10.1 Å². The number of nitro benzene ring substituents is 1. The van der Waals surface area contributed by atoms with E-state index < -0.39 is 10.8 Å². The number of carbonyl (C=O) groups excluding carboxylic acids is 1. The third kappa shape index (κ3) is 4.29. The van der Waals surface area contributed by atoms with Crippen molar-refractivity contribution in [2.45, 2.75) is 6.54 Å². The summed E-state index contributed by atoms with van der Waals surface area (Å²) in [7, 11) is 1.59. The van der Waals surface area contributed by atoms with E-state index in [9.17, 15) is 14.9 Å². The summed E-state index contributed by atoms with van der Waals surface area (Å²) in [4.78, 5) is 32.5. The molecule has 2 aromatic carbocycles. The van der Waals surface area contributed by atoms with Crippen molar-refractivity contribution in [1.29, 1.82) is 0 Å². The number of carbonyl (C=O) groups is 1. The maximum atomic E-state index is 13.2. The number of benzene rings is 2. The number of nitro groups is 1. The lowest BCUT2D eigenvalue weighted by Crippen LogP contribution is -2.18. The van der Waals surface area contributed by atoms with E-state index in [-0.39, 0.29) is 23.0 Å². The van der Waals surface area contributed by atoms with Gasteiger partial charge in [-0.25, -0.2) is 0 Å². The van der Waals surface area contributed by atoms with Crippen LogP contribution in [0.5, 0.6) is 5.75 Å². The fraction of sp³-hybridized carbons (Fsp3) is 0.0909. The van der Waals surface area contributed by atoms with Crippen LogP contribution in [0.4, 0.5) is 11.6 Å². The van der Waals surface area contributed by atoms with Crippen molar-refractivity contribution in [2.75, 3.05) is 12.4 Å². The van der Waals surface area contributed by atoms with Gasteiger partial charge in [-0.2, -0.15) is 9.67 Å². The monoisotopic (exact) mass is 430 g/mol.